The second-order valence-electron chi connectivity index (χ2n) is 3.24. The molecule has 1 aliphatic heterocycles. The zero-order chi connectivity index (χ0) is 10.3. The minimum absolute atomic E-state index is 0.429. The molecule has 2 N–H and O–H groups in total. The van der Waals surface area contributed by atoms with E-state index in [1.165, 1.54) is 6.07 Å². The third kappa shape index (κ3) is 1.43. The van der Waals surface area contributed by atoms with Crippen LogP contribution < -0.4 is 5.32 Å². The lowest BCUT2D eigenvalue weighted by molar-refractivity contribution is -0.138. The summed E-state index contributed by atoms with van der Waals surface area (Å²) in [6.07, 6.45) is -4.48. The molecule has 5 heteroatoms. The van der Waals surface area contributed by atoms with Crippen LogP contribution in [0.3, 0.4) is 0 Å². The maximum atomic E-state index is 12.3. The van der Waals surface area contributed by atoms with E-state index in [2.05, 4.69) is 5.32 Å². The summed E-state index contributed by atoms with van der Waals surface area (Å²) >= 11 is 0. The summed E-state index contributed by atoms with van der Waals surface area (Å²) in [6, 6.07) is 2.18. The monoisotopic (exact) mass is 203 g/mol. The molecular weight excluding hydrogens is 195 g/mol. The summed E-state index contributed by atoms with van der Waals surface area (Å²) in [4.78, 5) is 0. The summed E-state index contributed by atoms with van der Waals surface area (Å²) < 4.78 is 37.0. The third-order valence-corrected chi connectivity index (χ3v) is 2.25. The first-order chi connectivity index (χ1) is 6.48. The van der Waals surface area contributed by atoms with E-state index in [-0.39, 0.29) is 0 Å². The molecule has 14 heavy (non-hydrogen) atoms. The third-order valence-electron chi connectivity index (χ3n) is 2.25. The quantitative estimate of drug-likeness (QED) is 0.676. The number of phenols is 1. The van der Waals surface area contributed by atoms with Crippen LogP contribution >= 0.6 is 0 Å². The predicted molar refractivity (Wildman–Crippen MR) is 43.7 cm³/mol. The van der Waals surface area contributed by atoms with E-state index in [1.54, 1.807) is 0 Å². The highest BCUT2D eigenvalue weighted by Gasteiger charge is 2.35. The van der Waals surface area contributed by atoms with Crippen molar-refractivity contribution in [2.45, 2.75) is 19.3 Å². The first-order valence-corrected chi connectivity index (χ1v) is 4.11. The summed E-state index contributed by atoms with van der Waals surface area (Å²) in [5, 5.41) is 12.1. The van der Waals surface area contributed by atoms with Gasteiger partial charge in [0, 0.05) is 13.1 Å². The fourth-order valence-corrected chi connectivity index (χ4v) is 1.56. The molecule has 0 amide bonds. The van der Waals surface area contributed by atoms with Crippen molar-refractivity contribution in [1.82, 2.24) is 5.32 Å². The summed E-state index contributed by atoms with van der Waals surface area (Å²) in [7, 11) is 0. The Balaban J connectivity index is 2.53. The molecule has 0 aromatic heterocycles. The molecule has 0 saturated carbocycles. The normalized spacial score (nSPS) is 15.6. The van der Waals surface area contributed by atoms with Crippen LogP contribution in [0.15, 0.2) is 12.1 Å². The molecule has 0 fully saturated rings. The van der Waals surface area contributed by atoms with Gasteiger partial charge in [0.05, 0.1) is 5.56 Å². The Kier molecular flexibility index (Phi) is 1.92. The molecule has 0 bridgehead atoms. The minimum Gasteiger partial charge on any atom is -0.507 e. The number of aromatic hydroxyl groups is 1. The topological polar surface area (TPSA) is 32.3 Å². The highest BCUT2D eigenvalue weighted by Crippen LogP contribution is 2.38. The van der Waals surface area contributed by atoms with Crippen LogP contribution in [0.25, 0.3) is 0 Å². The molecule has 1 aromatic carbocycles. The van der Waals surface area contributed by atoms with Crippen LogP contribution in [0, 0.1) is 0 Å². The van der Waals surface area contributed by atoms with Gasteiger partial charge in [0.1, 0.15) is 5.75 Å². The van der Waals surface area contributed by atoms with Gasteiger partial charge in [-0.2, -0.15) is 13.2 Å². The zero-order valence-corrected chi connectivity index (χ0v) is 7.15. The van der Waals surface area contributed by atoms with Crippen molar-refractivity contribution < 1.29 is 18.3 Å². The lowest BCUT2D eigenvalue weighted by atomic mass is 10.1. The average Bonchev–Trinajstić information content (AvgIpc) is 2.47. The second-order valence-corrected chi connectivity index (χ2v) is 3.24. The van der Waals surface area contributed by atoms with Crippen LogP contribution in [0.4, 0.5) is 13.2 Å². The van der Waals surface area contributed by atoms with Crippen molar-refractivity contribution in [3.8, 4) is 5.75 Å². The van der Waals surface area contributed by atoms with E-state index in [4.69, 9.17) is 5.11 Å². The zero-order valence-electron chi connectivity index (χ0n) is 7.15. The number of alkyl halides is 3. The lowest BCUT2D eigenvalue weighted by Crippen LogP contribution is -2.06. The summed E-state index contributed by atoms with van der Waals surface area (Å²) in [5.74, 6) is -0.694. The molecule has 0 saturated heterocycles. The molecule has 0 atom stereocenters. The molecule has 0 aliphatic carbocycles. The van der Waals surface area contributed by atoms with E-state index in [0.717, 1.165) is 11.6 Å². The number of hydrogen-bond acceptors (Lipinski definition) is 2. The van der Waals surface area contributed by atoms with Gasteiger partial charge in [-0.3, -0.25) is 0 Å². The summed E-state index contributed by atoms with van der Waals surface area (Å²) in [5.41, 5.74) is 0.380. The smallest absolute Gasteiger partial charge is 0.419 e. The molecule has 2 rings (SSSR count). The van der Waals surface area contributed by atoms with Gasteiger partial charge in [-0.05, 0) is 23.3 Å². The van der Waals surface area contributed by atoms with Gasteiger partial charge in [0.15, 0.2) is 0 Å². The highest BCUT2D eigenvalue weighted by molar-refractivity contribution is 5.44. The van der Waals surface area contributed by atoms with E-state index in [0.29, 0.717) is 18.7 Å². The van der Waals surface area contributed by atoms with Crippen molar-refractivity contribution in [1.29, 1.82) is 0 Å². The fourth-order valence-electron chi connectivity index (χ4n) is 1.56. The van der Waals surface area contributed by atoms with Gasteiger partial charge >= 0.3 is 6.18 Å². The SMILES string of the molecule is Oc1cc2c(cc1C(F)(F)F)CNC2. The maximum absolute atomic E-state index is 12.3. The first kappa shape index (κ1) is 9.33. The van der Waals surface area contributed by atoms with Crippen molar-refractivity contribution >= 4 is 0 Å². The van der Waals surface area contributed by atoms with Gasteiger partial charge in [0.2, 0.25) is 0 Å². The Bertz CT molecular complexity index is 373. The van der Waals surface area contributed by atoms with Crippen LogP contribution in [0.1, 0.15) is 16.7 Å². The number of benzene rings is 1. The van der Waals surface area contributed by atoms with Gasteiger partial charge < -0.3 is 10.4 Å². The van der Waals surface area contributed by atoms with Crippen LogP contribution in [-0.2, 0) is 19.3 Å². The van der Waals surface area contributed by atoms with E-state index < -0.39 is 17.5 Å². The van der Waals surface area contributed by atoms with E-state index in [1.807, 2.05) is 0 Å². The Morgan fingerprint density at radius 3 is 2.29 bits per heavy atom. The molecule has 1 heterocycles. The Morgan fingerprint density at radius 2 is 1.71 bits per heavy atom. The highest BCUT2D eigenvalue weighted by atomic mass is 19.4. The number of fused-ring (bicyclic) bond motifs is 1. The Labute approximate surface area is 78.4 Å². The second kappa shape index (κ2) is 2.88. The maximum Gasteiger partial charge on any atom is 0.419 e. The molecule has 0 spiro atoms. The van der Waals surface area contributed by atoms with Crippen molar-refractivity contribution in [3.05, 3.63) is 28.8 Å². The lowest BCUT2D eigenvalue weighted by Gasteiger charge is -2.10. The molecule has 1 aromatic rings. The van der Waals surface area contributed by atoms with Crippen molar-refractivity contribution in [3.63, 3.8) is 0 Å². The number of hydrogen-bond donors (Lipinski definition) is 2. The minimum atomic E-state index is -4.48. The fraction of sp³-hybridized carbons (Fsp3) is 0.333. The molecule has 2 nitrogen and oxygen atoms in total. The van der Waals surface area contributed by atoms with Gasteiger partial charge in [-0.15, -0.1) is 0 Å². The first-order valence-electron chi connectivity index (χ1n) is 4.11. The largest absolute Gasteiger partial charge is 0.507 e. The van der Waals surface area contributed by atoms with Gasteiger partial charge in [-0.1, -0.05) is 0 Å². The number of rotatable bonds is 0. The molecule has 0 unspecified atom stereocenters. The Morgan fingerprint density at radius 1 is 1.14 bits per heavy atom. The van der Waals surface area contributed by atoms with Crippen molar-refractivity contribution in [2.24, 2.45) is 0 Å². The van der Waals surface area contributed by atoms with Gasteiger partial charge in [-0.25, -0.2) is 0 Å². The predicted octanol–water partition coefficient (Wildman–Crippen LogP) is 2.01. The van der Waals surface area contributed by atoms with Gasteiger partial charge in [0.25, 0.3) is 0 Å². The average molecular weight is 203 g/mol. The number of halogens is 3. The molecule has 76 valence electrons. The van der Waals surface area contributed by atoms with Crippen LogP contribution in [0.5, 0.6) is 5.75 Å². The van der Waals surface area contributed by atoms with E-state index >= 15 is 0 Å². The number of nitrogens with one attached hydrogen (secondary N) is 1. The summed E-state index contributed by atoms with van der Waals surface area (Å²) in [6.45, 7) is 0.944. The van der Waals surface area contributed by atoms with Crippen LogP contribution in [0.2, 0.25) is 0 Å². The molecule has 1 aliphatic rings. The standard InChI is InChI=1S/C9H8F3NO/c10-9(11,12)7-1-5-3-13-4-6(5)2-8(7)14/h1-2,13-14H,3-4H2. The molecule has 0 radical (unpaired) electrons. The molecular formula is C9H8F3NO. The van der Waals surface area contributed by atoms with Crippen molar-refractivity contribution in [2.75, 3.05) is 0 Å². The van der Waals surface area contributed by atoms with Crippen LogP contribution in [-0.4, -0.2) is 5.11 Å². The Hall–Kier alpha value is -1.23. The number of phenolic OH excluding ortho intramolecular Hbond substituents is 1. The van der Waals surface area contributed by atoms with E-state index in [9.17, 15) is 13.2 Å².